The summed E-state index contributed by atoms with van der Waals surface area (Å²) in [4.78, 5) is 4.57. The fourth-order valence-corrected chi connectivity index (χ4v) is 3.89. The Morgan fingerprint density at radius 1 is 1.06 bits per heavy atom. The molecule has 4 aromatic heterocycles. The first-order valence-corrected chi connectivity index (χ1v) is 9.93. The standard InChI is InChI=1S/C26H17N3O3/c1-3-12-29-17(2)20(18-8-4-5-9-21(18)29)16-28-26-19(15-27)24(22-10-6-13-30-22)25(32-26)23-11-7-14-31-23/h1,4-11,13-14,16H,12H2,2H3. The number of rotatable bonds is 5. The van der Waals surface area contributed by atoms with Crippen molar-refractivity contribution in [2.45, 2.75) is 13.5 Å². The van der Waals surface area contributed by atoms with E-state index in [-0.39, 0.29) is 11.4 Å². The van der Waals surface area contributed by atoms with E-state index in [0.717, 1.165) is 22.2 Å². The molecule has 5 aromatic rings. The molecule has 0 fully saturated rings. The lowest BCUT2D eigenvalue weighted by Crippen LogP contribution is -1.98. The summed E-state index contributed by atoms with van der Waals surface area (Å²) in [6.45, 7) is 2.45. The van der Waals surface area contributed by atoms with Gasteiger partial charge in [-0.1, -0.05) is 24.1 Å². The Morgan fingerprint density at radius 2 is 1.81 bits per heavy atom. The van der Waals surface area contributed by atoms with E-state index in [9.17, 15) is 5.26 Å². The van der Waals surface area contributed by atoms with Crippen LogP contribution in [0.2, 0.25) is 0 Å². The summed E-state index contributed by atoms with van der Waals surface area (Å²) < 4.78 is 19.2. The van der Waals surface area contributed by atoms with E-state index in [0.29, 0.717) is 29.4 Å². The molecule has 0 aliphatic heterocycles. The van der Waals surface area contributed by atoms with Gasteiger partial charge in [0.2, 0.25) is 5.88 Å². The smallest absolute Gasteiger partial charge is 0.238 e. The van der Waals surface area contributed by atoms with Crippen molar-refractivity contribution in [1.82, 2.24) is 4.57 Å². The van der Waals surface area contributed by atoms with Crippen LogP contribution in [-0.4, -0.2) is 10.8 Å². The average molecular weight is 419 g/mol. The third-order valence-corrected chi connectivity index (χ3v) is 5.35. The molecule has 0 saturated carbocycles. The Labute approximate surface area is 184 Å². The molecule has 5 rings (SSSR count). The predicted octanol–water partition coefficient (Wildman–Crippen LogP) is 6.32. The summed E-state index contributed by atoms with van der Waals surface area (Å²) in [6, 6.07) is 17.2. The summed E-state index contributed by atoms with van der Waals surface area (Å²) in [5, 5.41) is 10.9. The number of aliphatic imine (C=N–C) groups is 1. The zero-order valence-electron chi connectivity index (χ0n) is 17.2. The first kappa shape index (κ1) is 19.3. The van der Waals surface area contributed by atoms with Crippen molar-refractivity contribution in [3.8, 4) is 41.3 Å². The molecule has 0 radical (unpaired) electrons. The van der Waals surface area contributed by atoms with Crippen LogP contribution in [0.25, 0.3) is 33.7 Å². The molecule has 0 amide bonds. The van der Waals surface area contributed by atoms with E-state index < -0.39 is 0 Å². The van der Waals surface area contributed by atoms with Crippen LogP contribution in [0, 0.1) is 30.6 Å². The zero-order chi connectivity index (χ0) is 22.1. The van der Waals surface area contributed by atoms with Gasteiger partial charge in [-0.2, -0.15) is 5.26 Å². The molecule has 0 bridgehead atoms. The number of furan rings is 3. The van der Waals surface area contributed by atoms with Crippen LogP contribution < -0.4 is 0 Å². The fraction of sp³-hybridized carbons (Fsp3) is 0.0769. The van der Waals surface area contributed by atoms with E-state index in [2.05, 4.69) is 21.5 Å². The van der Waals surface area contributed by atoms with Gasteiger partial charge in [-0.15, -0.1) is 6.42 Å². The number of fused-ring (bicyclic) bond motifs is 1. The monoisotopic (exact) mass is 419 g/mol. The third kappa shape index (κ3) is 3.03. The van der Waals surface area contributed by atoms with Gasteiger partial charge in [-0.25, -0.2) is 4.99 Å². The zero-order valence-corrected chi connectivity index (χ0v) is 17.2. The molecule has 0 N–H and O–H groups in total. The van der Waals surface area contributed by atoms with Crippen LogP contribution in [0.3, 0.4) is 0 Å². The van der Waals surface area contributed by atoms with Crippen molar-refractivity contribution in [2.75, 3.05) is 0 Å². The molecule has 0 spiro atoms. The van der Waals surface area contributed by atoms with Gasteiger partial charge >= 0.3 is 0 Å². The van der Waals surface area contributed by atoms with Crippen molar-refractivity contribution in [2.24, 2.45) is 4.99 Å². The van der Waals surface area contributed by atoms with Gasteiger partial charge < -0.3 is 17.8 Å². The summed E-state index contributed by atoms with van der Waals surface area (Å²) >= 11 is 0. The van der Waals surface area contributed by atoms with E-state index in [4.69, 9.17) is 19.7 Å². The van der Waals surface area contributed by atoms with Gasteiger partial charge in [0.05, 0.1) is 24.6 Å². The molecule has 6 heteroatoms. The summed E-state index contributed by atoms with van der Waals surface area (Å²) in [5.74, 6) is 4.25. The molecule has 32 heavy (non-hydrogen) atoms. The SMILES string of the molecule is C#CCn1c(C)c(C=Nc2oc(-c3ccco3)c(-c3ccco3)c2C#N)c2ccccc21. The number of hydrogen-bond donors (Lipinski definition) is 0. The lowest BCUT2D eigenvalue weighted by molar-refractivity contribution is 0.527. The number of hydrogen-bond acceptors (Lipinski definition) is 5. The first-order chi connectivity index (χ1) is 15.7. The first-order valence-electron chi connectivity index (χ1n) is 9.93. The van der Waals surface area contributed by atoms with E-state index in [1.54, 1.807) is 43.0 Å². The van der Waals surface area contributed by atoms with Crippen molar-refractivity contribution >= 4 is 23.0 Å². The average Bonchev–Trinajstić information content (AvgIpc) is 3.60. The molecule has 6 nitrogen and oxygen atoms in total. The van der Waals surface area contributed by atoms with E-state index >= 15 is 0 Å². The topological polar surface area (TPSA) is 80.5 Å². The largest absolute Gasteiger partial charge is 0.464 e. The summed E-state index contributed by atoms with van der Waals surface area (Å²) in [5.41, 5.74) is 3.70. The minimum absolute atomic E-state index is 0.179. The Bertz CT molecular complexity index is 1520. The van der Waals surface area contributed by atoms with Gasteiger partial charge in [-0.3, -0.25) is 0 Å². The van der Waals surface area contributed by atoms with Crippen LogP contribution >= 0.6 is 0 Å². The second-order valence-electron chi connectivity index (χ2n) is 7.12. The maximum Gasteiger partial charge on any atom is 0.238 e. The Balaban J connectivity index is 1.68. The highest BCUT2D eigenvalue weighted by atomic mass is 16.4. The Morgan fingerprint density at radius 3 is 2.50 bits per heavy atom. The molecule has 4 heterocycles. The van der Waals surface area contributed by atoms with Crippen molar-refractivity contribution in [3.63, 3.8) is 0 Å². The molecule has 154 valence electrons. The lowest BCUT2D eigenvalue weighted by atomic mass is 10.1. The fourth-order valence-electron chi connectivity index (χ4n) is 3.89. The number of benzene rings is 1. The third-order valence-electron chi connectivity index (χ3n) is 5.35. The van der Waals surface area contributed by atoms with Gasteiger partial charge in [0.15, 0.2) is 11.5 Å². The summed E-state index contributed by atoms with van der Waals surface area (Å²) in [6.07, 6.45) is 10.4. The molecule has 0 saturated heterocycles. The molecular formula is C26H17N3O3. The van der Waals surface area contributed by atoms with Gasteiger partial charge in [0.25, 0.3) is 0 Å². The highest BCUT2D eigenvalue weighted by Crippen LogP contribution is 2.43. The number of nitrogens with zero attached hydrogens (tertiary/aromatic N) is 3. The Kier molecular flexibility index (Phi) is 4.74. The van der Waals surface area contributed by atoms with E-state index in [1.807, 2.05) is 31.2 Å². The Hall–Kier alpha value is -4.68. The lowest BCUT2D eigenvalue weighted by Gasteiger charge is -2.02. The number of terminal acetylenes is 1. The van der Waals surface area contributed by atoms with Crippen LogP contribution in [0.4, 0.5) is 5.88 Å². The molecule has 0 aliphatic rings. The second kappa shape index (κ2) is 7.86. The minimum Gasteiger partial charge on any atom is -0.464 e. The highest BCUT2D eigenvalue weighted by molar-refractivity contribution is 6.02. The molecule has 0 aliphatic carbocycles. The van der Waals surface area contributed by atoms with Gasteiger partial charge in [0, 0.05) is 28.4 Å². The van der Waals surface area contributed by atoms with Crippen LogP contribution in [0.5, 0.6) is 0 Å². The molecule has 0 unspecified atom stereocenters. The molecular weight excluding hydrogens is 402 g/mol. The number of aromatic nitrogens is 1. The van der Waals surface area contributed by atoms with Gasteiger partial charge in [-0.05, 0) is 37.3 Å². The van der Waals surface area contributed by atoms with Crippen molar-refractivity contribution in [3.05, 3.63) is 77.9 Å². The normalized spacial score (nSPS) is 11.2. The maximum absolute atomic E-state index is 9.92. The van der Waals surface area contributed by atoms with Crippen molar-refractivity contribution < 1.29 is 13.3 Å². The van der Waals surface area contributed by atoms with Crippen LogP contribution in [-0.2, 0) is 6.54 Å². The number of nitriles is 1. The highest BCUT2D eigenvalue weighted by Gasteiger charge is 2.26. The summed E-state index contributed by atoms with van der Waals surface area (Å²) in [7, 11) is 0. The minimum atomic E-state index is 0.179. The van der Waals surface area contributed by atoms with Crippen LogP contribution in [0.15, 0.2) is 79.3 Å². The quantitative estimate of drug-likeness (QED) is 0.247. The maximum atomic E-state index is 9.92. The van der Waals surface area contributed by atoms with E-state index in [1.165, 1.54) is 0 Å². The van der Waals surface area contributed by atoms with Crippen molar-refractivity contribution in [1.29, 1.82) is 5.26 Å². The second-order valence-corrected chi connectivity index (χ2v) is 7.12. The number of para-hydroxylation sites is 1. The van der Waals surface area contributed by atoms with Crippen LogP contribution in [0.1, 0.15) is 16.8 Å². The van der Waals surface area contributed by atoms with Gasteiger partial charge in [0.1, 0.15) is 17.4 Å². The molecule has 0 atom stereocenters. The molecule has 1 aromatic carbocycles. The predicted molar refractivity (Wildman–Crippen MR) is 122 cm³/mol.